The molecule has 2 fully saturated rings. The number of nitrogens with one attached hydrogen (secondary N) is 1. The summed E-state index contributed by atoms with van der Waals surface area (Å²) in [5.74, 6) is 0.511. The Kier molecular flexibility index (Phi) is 3.41. The molecular formula is C14H21N3O3. The van der Waals surface area contributed by atoms with Crippen molar-refractivity contribution in [1.29, 1.82) is 0 Å². The molecule has 2 saturated carbocycles. The zero-order chi connectivity index (χ0) is 14.2. The van der Waals surface area contributed by atoms with Gasteiger partial charge in [0, 0.05) is 0 Å². The van der Waals surface area contributed by atoms with E-state index in [9.17, 15) is 9.90 Å². The van der Waals surface area contributed by atoms with Gasteiger partial charge in [-0.3, -0.25) is 9.48 Å². The zero-order valence-corrected chi connectivity index (χ0v) is 11.7. The average Bonchev–Trinajstić information content (AvgIpc) is 3.12. The van der Waals surface area contributed by atoms with Crippen molar-refractivity contribution in [2.45, 2.75) is 63.2 Å². The molecule has 0 atom stereocenters. The maximum Gasteiger partial charge on any atom is 0.257 e. The van der Waals surface area contributed by atoms with Gasteiger partial charge in [-0.05, 0) is 45.4 Å². The number of amides is 1. The zero-order valence-electron chi connectivity index (χ0n) is 11.7. The standard InChI is InChI=1S/C14H21N3O3/c1-14(19)6-4-10(5-7-14)17-8-12(15-9-18)13(16-17)20-11-2-3-11/h8-11,19H,2-7H2,1H3,(H,15,18). The summed E-state index contributed by atoms with van der Waals surface area (Å²) in [5, 5.41) is 17.1. The van der Waals surface area contributed by atoms with Crippen molar-refractivity contribution in [3.63, 3.8) is 0 Å². The SMILES string of the molecule is CC1(O)CCC(n2cc(NC=O)c(OC3CC3)n2)CC1. The molecule has 2 N–H and O–H groups in total. The molecule has 0 saturated heterocycles. The third kappa shape index (κ3) is 2.95. The van der Waals surface area contributed by atoms with Gasteiger partial charge in [-0.1, -0.05) is 0 Å². The molecule has 1 heterocycles. The fraction of sp³-hybridized carbons (Fsp3) is 0.714. The third-order valence-electron chi connectivity index (χ3n) is 4.12. The summed E-state index contributed by atoms with van der Waals surface area (Å²) in [6, 6.07) is 0.263. The van der Waals surface area contributed by atoms with Crippen LogP contribution >= 0.6 is 0 Å². The lowest BCUT2D eigenvalue weighted by Gasteiger charge is -2.32. The normalized spacial score (nSPS) is 30.0. The minimum absolute atomic E-state index is 0.248. The average molecular weight is 279 g/mol. The van der Waals surface area contributed by atoms with E-state index in [2.05, 4.69) is 10.4 Å². The van der Waals surface area contributed by atoms with Crippen LogP contribution in [-0.2, 0) is 4.79 Å². The fourth-order valence-electron chi connectivity index (χ4n) is 2.64. The highest BCUT2D eigenvalue weighted by atomic mass is 16.5. The van der Waals surface area contributed by atoms with Gasteiger partial charge in [0.1, 0.15) is 11.8 Å². The minimum atomic E-state index is -0.555. The highest BCUT2D eigenvalue weighted by molar-refractivity contribution is 5.73. The Bertz CT molecular complexity index is 484. The van der Waals surface area contributed by atoms with Crippen LogP contribution in [-0.4, -0.2) is 33.0 Å². The smallest absolute Gasteiger partial charge is 0.257 e. The molecule has 0 unspecified atom stereocenters. The van der Waals surface area contributed by atoms with Gasteiger partial charge in [-0.25, -0.2) is 0 Å². The van der Waals surface area contributed by atoms with Gasteiger partial charge in [0.15, 0.2) is 0 Å². The quantitative estimate of drug-likeness (QED) is 0.807. The Morgan fingerprint density at radius 3 is 2.75 bits per heavy atom. The molecular weight excluding hydrogens is 258 g/mol. The number of rotatable bonds is 5. The third-order valence-corrected chi connectivity index (χ3v) is 4.12. The van der Waals surface area contributed by atoms with Crippen LogP contribution in [0, 0.1) is 0 Å². The molecule has 3 rings (SSSR count). The van der Waals surface area contributed by atoms with Crippen LogP contribution in [0.2, 0.25) is 0 Å². The fourth-order valence-corrected chi connectivity index (χ4v) is 2.64. The van der Waals surface area contributed by atoms with Gasteiger partial charge in [0.25, 0.3) is 5.88 Å². The maximum atomic E-state index is 10.7. The van der Waals surface area contributed by atoms with Crippen LogP contribution in [0.15, 0.2) is 6.20 Å². The number of carbonyl (C=O) groups excluding carboxylic acids is 1. The minimum Gasteiger partial charge on any atom is -0.472 e. The van der Waals surface area contributed by atoms with Gasteiger partial charge in [0.05, 0.1) is 17.8 Å². The highest BCUT2D eigenvalue weighted by Gasteiger charge is 2.31. The van der Waals surface area contributed by atoms with Gasteiger partial charge >= 0.3 is 0 Å². The van der Waals surface area contributed by atoms with Crippen LogP contribution in [0.1, 0.15) is 51.5 Å². The van der Waals surface area contributed by atoms with Crippen LogP contribution in [0.25, 0.3) is 0 Å². The monoisotopic (exact) mass is 279 g/mol. The summed E-state index contributed by atoms with van der Waals surface area (Å²) in [6.07, 6.45) is 8.15. The molecule has 2 aliphatic rings. The van der Waals surface area contributed by atoms with Crippen LogP contribution in [0.5, 0.6) is 5.88 Å². The molecule has 0 aromatic carbocycles. The number of carbonyl (C=O) groups is 1. The van der Waals surface area contributed by atoms with E-state index in [1.54, 1.807) is 0 Å². The molecule has 1 amide bonds. The van der Waals surface area contributed by atoms with Crippen molar-refractivity contribution < 1.29 is 14.6 Å². The van der Waals surface area contributed by atoms with Gasteiger partial charge in [-0.2, -0.15) is 0 Å². The van der Waals surface area contributed by atoms with E-state index in [0.717, 1.165) is 38.5 Å². The molecule has 2 aliphatic carbocycles. The Hall–Kier alpha value is -1.56. The molecule has 0 aliphatic heterocycles. The molecule has 0 radical (unpaired) electrons. The van der Waals surface area contributed by atoms with Crippen molar-refractivity contribution >= 4 is 12.1 Å². The maximum absolute atomic E-state index is 10.7. The molecule has 0 spiro atoms. The van der Waals surface area contributed by atoms with E-state index >= 15 is 0 Å². The number of ether oxygens (including phenoxy) is 1. The summed E-state index contributed by atoms with van der Waals surface area (Å²) in [5.41, 5.74) is 0.0742. The van der Waals surface area contributed by atoms with Crippen LogP contribution < -0.4 is 10.1 Å². The Morgan fingerprint density at radius 2 is 2.15 bits per heavy atom. The van der Waals surface area contributed by atoms with Crippen LogP contribution in [0.4, 0.5) is 5.69 Å². The predicted molar refractivity (Wildman–Crippen MR) is 73.7 cm³/mol. The van der Waals surface area contributed by atoms with E-state index in [-0.39, 0.29) is 12.1 Å². The number of anilines is 1. The number of aliphatic hydroxyl groups is 1. The number of hydrogen-bond donors (Lipinski definition) is 2. The summed E-state index contributed by atoms with van der Waals surface area (Å²) >= 11 is 0. The summed E-state index contributed by atoms with van der Waals surface area (Å²) < 4.78 is 7.59. The first-order valence-electron chi connectivity index (χ1n) is 7.26. The van der Waals surface area contributed by atoms with Gasteiger partial charge in [0.2, 0.25) is 6.41 Å². The van der Waals surface area contributed by atoms with Crippen molar-refractivity contribution in [3.8, 4) is 5.88 Å². The van der Waals surface area contributed by atoms with E-state index in [4.69, 9.17) is 4.74 Å². The Labute approximate surface area is 118 Å². The summed E-state index contributed by atoms with van der Waals surface area (Å²) in [6.45, 7) is 1.88. The second-order valence-electron chi connectivity index (χ2n) is 6.14. The lowest BCUT2D eigenvalue weighted by molar-refractivity contribution is -0.105. The summed E-state index contributed by atoms with van der Waals surface area (Å²) in [7, 11) is 0. The molecule has 1 aromatic rings. The second kappa shape index (κ2) is 5.09. The predicted octanol–water partition coefficient (Wildman–Crippen LogP) is 1.86. The van der Waals surface area contributed by atoms with Crippen molar-refractivity contribution in [3.05, 3.63) is 6.20 Å². The Balaban J connectivity index is 1.73. The van der Waals surface area contributed by atoms with Crippen molar-refractivity contribution in [2.75, 3.05) is 5.32 Å². The first-order valence-corrected chi connectivity index (χ1v) is 7.26. The topological polar surface area (TPSA) is 76.4 Å². The lowest BCUT2D eigenvalue weighted by atomic mass is 9.84. The van der Waals surface area contributed by atoms with Crippen molar-refractivity contribution in [2.24, 2.45) is 0 Å². The van der Waals surface area contributed by atoms with Gasteiger partial charge < -0.3 is 15.2 Å². The van der Waals surface area contributed by atoms with E-state index in [1.165, 1.54) is 0 Å². The molecule has 20 heavy (non-hydrogen) atoms. The molecule has 0 bridgehead atoms. The van der Waals surface area contributed by atoms with E-state index < -0.39 is 5.60 Å². The largest absolute Gasteiger partial charge is 0.472 e. The molecule has 6 nitrogen and oxygen atoms in total. The second-order valence-corrected chi connectivity index (χ2v) is 6.14. The molecule has 6 heteroatoms. The molecule has 1 aromatic heterocycles. The van der Waals surface area contributed by atoms with E-state index in [1.807, 2.05) is 17.8 Å². The Morgan fingerprint density at radius 1 is 1.45 bits per heavy atom. The number of aromatic nitrogens is 2. The number of nitrogens with zero attached hydrogens (tertiary/aromatic N) is 2. The van der Waals surface area contributed by atoms with Crippen molar-refractivity contribution in [1.82, 2.24) is 9.78 Å². The van der Waals surface area contributed by atoms with Crippen LogP contribution in [0.3, 0.4) is 0 Å². The molecule has 110 valence electrons. The first-order chi connectivity index (χ1) is 9.57. The number of hydrogen-bond acceptors (Lipinski definition) is 4. The summed E-state index contributed by atoms with van der Waals surface area (Å²) in [4.78, 5) is 10.7. The van der Waals surface area contributed by atoms with Gasteiger partial charge in [-0.15, -0.1) is 5.10 Å². The lowest BCUT2D eigenvalue weighted by Crippen LogP contribution is -2.31. The highest BCUT2D eigenvalue weighted by Crippen LogP contribution is 2.37. The van der Waals surface area contributed by atoms with E-state index in [0.29, 0.717) is 18.0 Å². The first kappa shape index (κ1) is 13.4.